The molecule has 1 aromatic rings. The summed E-state index contributed by atoms with van der Waals surface area (Å²) in [5.41, 5.74) is -0.750. The van der Waals surface area contributed by atoms with E-state index in [2.05, 4.69) is 0 Å². The lowest BCUT2D eigenvalue weighted by molar-refractivity contribution is -0.138. The average Bonchev–Trinajstić information content (AvgIpc) is 2.17. The van der Waals surface area contributed by atoms with Crippen LogP contribution in [0, 0.1) is 0 Å². The number of halogens is 4. The molecular formula is C10H10ClF3O. The molecule has 1 aromatic carbocycles. The van der Waals surface area contributed by atoms with Crippen molar-refractivity contribution in [1.82, 2.24) is 0 Å². The van der Waals surface area contributed by atoms with E-state index < -0.39 is 11.7 Å². The smallest absolute Gasteiger partial charge is 0.419 e. The summed E-state index contributed by atoms with van der Waals surface area (Å²) >= 11 is 5.40. The van der Waals surface area contributed by atoms with E-state index in [1.807, 2.05) is 0 Å². The second kappa shape index (κ2) is 5.26. The monoisotopic (exact) mass is 238 g/mol. The molecule has 0 bridgehead atoms. The highest BCUT2D eigenvalue weighted by Crippen LogP contribution is 2.35. The Hall–Kier alpha value is -0.900. The van der Waals surface area contributed by atoms with Crippen molar-refractivity contribution in [3.05, 3.63) is 29.8 Å². The SMILES string of the molecule is FC(F)(F)c1ccccc1OCCCCl. The molecule has 0 heterocycles. The van der Waals surface area contributed by atoms with Gasteiger partial charge in [0.1, 0.15) is 5.75 Å². The molecule has 1 rings (SSSR count). The predicted molar refractivity (Wildman–Crippen MR) is 52.3 cm³/mol. The van der Waals surface area contributed by atoms with Crippen LogP contribution in [0.25, 0.3) is 0 Å². The topological polar surface area (TPSA) is 9.23 Å². The van der Waals surface area contributed by atoms with Crippen molar-refractivity contribution in [2.75, 3.05) is 12.5 Å². The zero-order valence-electron chi connectivity index (χ0n) is 7.85. The number of hydrogen-bond donors (Lipinski definition) is 0. The lowest BCUT2D eigenvalue weighted by atomic mass is 10.2. The third-order valence-corrected chi connectivity index (χ3v) is 2.00. The van der Waals surface area contributed by atoms with Gasteiger partial charge in [0.05, 0.1) is 12.2 Å². The lowest BCUT2D eigenvalue weighted by Gasteiger charge is -2.12. The number of benzene rings is 1. The highest BCUT2D eigenvalue weighted by atomic mass is 35.5. The fourth-order valence-corrected chi connectivity index (χ4v) is 1.17. The number of rotatable bonds is 4. The van der Waals surface area contributed by atoms with Gasteiger partial charge in [0.2, 0.25) is 0 Å². The molecule has 0 N–H and O–H groups in total. The molecule has 0 fully saturated rings. The van der Waals surface area contributed by atoms with E-state index in [-0.39, 0.29) is 12.4 Å². The number of hydrogen-bond acceptors (Lipinski definition) is 1. The maximum atomic E-state index is 12.5. The zero-order valence-corrected chi connectivity index (χ0v) is 8.61. The minimum atomic E-state index is -4.38. The number of para-hydroxylation sites is 1. The van der Waals surface area contributed by atoms with Crippen LogP contribution in [0.2, 0.25) is 0 Å². The van der Waals surface area contributed by atoms with Gasteiger partial charge in [0.25, 0.3) is 0 Å². The van der Waals surface area contributed by atoms with Gasteiger partial charge in [-0.3, -0.25) is 0 Å². The van der Waals surface area contributed by atoms with E-state index in [0.717, 1.165) is 6.07 Å². The fourth-order valence-electron chi connectivity index (χ4n) is 1.06. The zero-order chi connectivity index (χ0) is 11.3. The van der Waals surface area contributed by atoms with Crippen LogP contribution >= 0.6 is 11.6 Å². The number of ether oxygens (including phenoxy) is 1. The minimum absolute atomic E-state index is 0.143. The molecule has 84 valence electrons. The van der Waals surface area contributed by atoms with Crippen LogP contribution in [-0.4, -0.2) is 12.5 Å². The molecule has 0 aliphatic rings. The highest BCUT2D eigenvalue weighted by molar-refractivity contribution is 6.17. The van der Waals surface area contributed by atoms with Crippen molar-refractivity contribution >= 4 is 11.6 Å². The minimum Gasteiger partial charge on any atom is -0.493 e. The van der Waals surface area contributed by atoms with E-state index in [9.17, 15) is 13.2 Å². The van der Waals surface area contributed by atoms with Gasteiger partial charge in [-0.05, 0) is 18.6 Å². The summed E-state index contributed by atoms with van der Waals surface area (Å²) in [7, 11) is 0. The molecule has 0 saturated heterocycles. The summed E-state index contributed by atoms with van der Waals surface area (Å²) in [5, 5.41) is 0. The maximum Gasteiger partial charge on any atom is 0.419 e. The Bertz CT molecular complexity index is 312. The Morgan fingerprint density at radius 1 is 1.20 bits per heavy atom. The standard InChI is InChI=1S/C10H10ClF3O/c11-6-3-7-15-9-5-2-1-4-8(9)10(12,13)14/h1-2,4-5H,3,6-7H2. The Labute approximate surface area is 90.8 Å². The van der Waals surface area contributed by atoms with Crippen LogP contribution in [0.4, 0.5) is 13.2 Å². The molecule has 0 amide bonds. The second-order valence-electron chi connectivity index (χ2n) is 2.88. The summed E-state index contributed by atoms with van der Waals surface area (Å²) in [4.78, 5) is 0. The van der Waals surface area contributed by atoms with E-state index in [1.54, 1.807) is 0 Å². The molecule has 5 heteroatoms. The van der Waals surface area contributed by atoms with Crippen LogP contribution in [0.3, 0.4) is 0 Å². The molecular weight excluding hydrogens is 229 g/mol. The van der Waals surface area contributed by atoms with Gasteiger partial charge in [-0.25, -0.2) is 0 Å². The Morgan fingerprint density at radius 2 is 1.87 bits per heavy atom. The summed E-state index contributed by atoms with van der Waals surface area (Å²) in [6, 6.07) is 5.13. The van der Waals surface area contributed by atoms with Crippen molar-refractivity contribution < 1.29 is 17.9 Å². The molecule has 0 unspecified atom stereocenters. The first-order valence-corrected chi connectivity index (χ1v) is 4.94. The second-order valence-corrected chi connectivity index (χ2v) is 3.26. The van der Waals surface area contributed by atoms with Crippen LogP contribution in [-0.2, 0) is 6.18 Å². The molecule has 15 heavy (non-hydrogen) atoms. The highest BCUT2D eigenvalue weighted by Gasteiger charge is 2.33. The first-order chi connectivity index (χ1) is 7.05. The molecule has 0 aromatic heterocycles. The van der Waals surface area contributed by atoms with Crippen LogP contribution in [0.1, 0.15) is 12.0 Å². The van der Waals surface area contributed by atoms with E-state index in [0.29, 0.717) is 12.3 Å². The first kappa shape index (κ1) is 12.2. The first-order valence-electron chi connectivity index (χ1n) is 4.40. The lowest BCUT2D eigenvalue weighted by Crippen LogP contribution is -2.09. The Morgan fingerprint density at radius 3 is 2.47 bits per heavy atom. The van der Waals surface area contributed by atoms with Crippen molar-refractivity contribution in [2.45, 2.75) is 12.6 Å². The van der Waals surface area contributed by atoms with Gasteiger partial charge in [-0.1, -0.05) is 12.1 Å². The normalized spacial score (nSPS) is 11.5. The summed E-state index contributed by atoms with van der Waals surface area (Å²) in [5.74, 6) is 0.226. The molecule has 0 saturated carbocycles. The van der Waals surface area contributed by atoms with E-state index >= 15 is 0 Å². The van der Waals surface area contributed by atoms with Gasteiger partial charge >= 0.3 is 6.18 Å². The van der Waals surface area contributed by atoms with Crippen molar-refractivity contribution in [3.63, 3.8) is 0 Å². The molecule has 0 aliphatic carbocycles. The molecule has 0 spiro atoms. The Kier molecular flexibility index (Phi) is 4.27. The molecule has 0 atom stereocenters. The third-order valence-electron chi connectivity index (χ3n) is 1.73. The summed E-state index contributed by atoms with van der Waals surface area (Å²) in [6.07, 6.45) is -3.86. The van der Waals surface area contributed by atoms with E-state index in [4.69, 9.17) is 16.3 Å². The molecule has 0 aliphatic heterocycles. The quantitative estimate of drug-likeness (QED) is 0.574. The van der Waals surface area contributed by atoms with Crippen LogP contribution < -0.4 is 4.74 Å². The van der Waals surface area contributed by atoms with Gasteiger partial charge < -0.3 is 4.74 Å². The summed E-state index contributed by atoms with van der Waals surface area (Å²) in [6.45, 7) is 0.191. The Balaban J connectivity index is 2.78. The van der Waals surface area contributed by atoms with Gasteiger partial charge in [-0.15, -0.1) is 11.6 Å². The third kappa shape index (κ3) is 3.63. The summed E-state index contributed by atoms with van der Waals surface area (Å²) < 4.78 is 42.4. The van der Waals surface area contributed by atoms with Crippen LogP contribution in [0.5, 0.6) is 5.75 Å². The average molecular weight is 239 g/mol. The van der Waals surface area contributed by atoms with Crippen molar-refractivity contribution in [3.8, 4) is 5.75 Å². The molecule has 1 nitrogen and oxygen atoms in total. The van der Waals surface area contributed by atoms with Crippen molar-refractivity contribution in [1.29, 1.82) is 0 Å². The predicted octanol–water partition coefficient (Wildman–Crippen LogP) is 3.71. The largest absolute Gasteiger partial charge is 0.493 e. The van der Waals surface area contributed by atoms with E-state index in [1.165, 1.54) is 18.2 Å². The van der Waals surface area contributed by atoms with Gasteiger partial charge in [-0.2, -0.15) is 13.2 Å². The van der Waals surface area contributed by atoms with Gasteiger partial charge in [0, 0.05) is 5.88 Å². The fraction of sp³-hybridized carbons (Fsp3) is 0.400. The van der Waals surface area contributed by atoms with Crippen LogP contribution in [0.15, 0.2) is 24.3 Å². The number of alkyl halides is 4. The van der Waals surface area contributed by atoms with Crippen molar-refractivity contribution in [2.24, 2.45) is 0 Å². The maximum absolute atomic E-state index is 12.5. The van der Waals surface area contributed by atoms with Gasteiger partial charge in [0.15, 0.2) is 0 Å². The molecule has 0 radical (unpaired) electrons.